The average Bonchev–Trinajstić information content (AvgIpc) is 2.90. The molecule has 7 heteroatoms. The van der Waals surface area contributed by atoms with E-state index in [9.17, 15) is 27.9 Å². The standard InChI is InChI=1S/C19H16F3NO3/c20-11-3-1-10(2-4-11)5-12(24)6-14-15(9-23-19(14)26)18-16(21)7-13(25)8-17(18)22/h1-4,7-8,14-15,25H,5-6,9H2,(H,23,26)/t14-,15+/m0/s1. The van der Waals surface area contributed by atoms with Crippen molar-refractivity contribution in [2.24, 2.45) is 5.92 Å². The third-order valence-corrected chi connectivity index (χ3v) is 4.52. The minimum atomic E-state index is -0.958. The lowest BCUT2D eigenvalue weighted by Crippen LogP contribution is -2.23. The number of amides is 1. The van der Waals surface area contributed by atoms with E-state index in [0.717, 1.165) is 12.1 Å². The molecule has 2 N–H and O–H groups in total. The molecule has 1 aliphatic rings. The van der Waals surface area contributed by atoms with E-state index < -0.39 is 40.9 Å². The molecule has 0 radical (unpaired) electrons. The van der Waals surface area contributed by atoms with Crippen LogP contribution in [-0.4, -0.2) is 23.3 Å². The molecule has 2 atom stereocenters. The summed E-state index contributed by atoms with van der Waals surface area (Å²) in [5.41, 5.74) is 0.272. The maximum Gasteiger partial charge on any atom is 0.224 e. The number of Topliss-reactive ketones (excluding diaryl/α,β-unsaturated/α-hetero) is 1. The minimum absolute atomic E-state index is 0.00266. The van der Waals surface area contributed by atoms with Gasteiger partial charge >= 0.3 is 0 Å². The van der Waals surface area contributed by atoms with E-state index >= 15 is 0 Å². The molecular formula is C19H16F3NO3. The Morgan fingerprint density at radius 2 is 1.73 bits per heavy atom. The van der Waals surface area contributed by atoms with Gasteiger partial charge in [0.1, 0.15) is 29.0 Å². The number of halogens is 3. The van der Waals surface area contributed by atoms with Crippen LogP contribution in [0.2, 0.25) is 0 Å². The summed E-state index contributed by atoms with van der Waals surface area (Å²) < 4.78 is 41.2. The number of carbonyl (C=O) groups is 2. The summed E-state index contributed by atoms with van der Waals surface area (Å²) in [5, 5.41) is 11.8. The van der Waals surface area contributed by atoms with Crippen LogP contribution >= 0.6 is 0 Å². The van der Waals surface area contributed by atoms with E-state index in [4.69, 9.17) is 0 Å². The van der Waals surface area contributed by atoms with Crippen LogP contribution in [-0.2, 0) is 16.0 Å². The van der Waals surface area contributed by atoms with Crippen molar-refractivity contribution in [3.05, 3.63) is 65.0 Å². The van der Waals surface area contributed by atoms with Crippen molar-refractivity contribution in [2.45, 2.75) is 18.8 Å². The predicted octanol–water partition coefficient (Wildman–Crippen LogP) is 2.84. The van der Waals surface area contributed by atoms with Gasteiger partial charge < -0.3 is 10.4 Å². The van der Waals surface area contributed by atoms with E-state index in [-0.39, 0.29) is 30.7 Å². The Kier molecular flexibility index (Phi) is 4.97. The number of hydrogen-bond donors (Lipinski definition) is 2. The topological polar surface area (TPSA) is 66.4 Å². The molecule has 2 aromatic carbocycles. The molecule has 1 aliphatic heterocycles. The summed E-state index contributed by atoms with van der Waals surface area (Å²) in [6.07, 6.45) is -0.190. The maximum absolute atomic E-state index is 14.1. The first-order chi connectivity index (χ1) is 12.3. The second kappa shape index (κ2) is 7.19. The highest BCUT2D eigenvalue weighted by Crippen LogP contribution is 2.36. The molecule has 0 bridgehead atoms. The fourth-order valence-corrected chi connectivity index (χ4v) is 3.28. The van der Waals surface area contributed by atoms with E-state index in [0.29, 0.717) is 5.56 Å². The van der Waals surface area contributed by atoms with Gasteiger partial charge in [0.15, 0.2) is 0 Å². The van der Waals surface area contributed by atoms with Crippen molar-refractivity contribution in [1.82, 2.24) is 5.32 Å². The number of phenolic OH excluding ortho intramolecular Hbond substituents is 1. The van der Waals surface area contributed by atoms with Crippen molar-refractivity contribution < 1.29 is 27.9 Å². The van der Waals surface area contributed by atoms with Crippen LogP contribution < -0.4 is 5.32 Å². The first-order valence-corrected chi connectivity index (χ1v) is 8.07. The molecule has 136 valence electrons. The monoisotopic (exact) mass is 363 g/mol. The van der Waals surface area contributed by atoms with Gasteiger partial charge in [-0.3, -0.25) is 9.59 Å². The number of hydrogen-bond acceptors (Lipinski definition) is 3. The van der Waals surface area contributed by atoms with E-state index in [1.54, 1.807) is 0 Å². The summed E-state index contributed by atoms with van der Waals surface area (Å²) in [7, 11) is 0. The normalized spacial score (nSPS) is 19.4. The third-order valence-electron chi connectivity index (χ3n) is 4.52. The van der Waals surface area contributed by atoms with Gasteiger partial charge in [0.2, 0.25) is 5.91 Å². The van der Waals surface area contributed by atoms with Gasteiger partial charge in [-0.15, -0.1) is 0 Å². The van der Waals surface area contributed by atoms with Crippen LogP contribution in [0.15, 0.2) is 36.4 Å². The van der Waals surface area contributed by atoms with E-state index in [2.05, 4.69) is 5.32 Å². The van der Waals surface area contributed by atoms with Crippen molar-refractivity contribution in [1.29, 1.82) is 0 Å². The summed E-state index contributed by atoms with van der Waals surface area (Å²) in [5.74, 6) is -5.38. The molecule has 0 unspecified atom stereocenters. The average molecular weight is 363 g/mol. The zero-order valence-corrected chi connectivity index (χ0v) is 13.6. The van der Waals surface area contributed by atoms with Crippen LogP contribution in [0, 0.1) is 23.4 Å². The molecular weight excluding hydrogens is 347 g/mol. The van der Waals surface area contributed by atoms with Gasteiger partial charge in [-0.25, -0.2) is 13.2 Å². The first kappa shape index (κ1) is 18.0. The highest BCUT2D eigenvalue weighted by atomic mass is 19.1. The van der Waals surface area contributed by atoms with Crippen LogP contribution in [0.3, 0.4) is 0 Å². The molecule has 2 aromatic rings. The Bertz CT molecular complexity index is 829. The minimum Gasteiger partial charge on any atom is -0.508 e. The lowest BCUT2D eigenvalue weighted by atomic mass is 9.84. The van der Waals surface area contributed by atoms with Crippen LogP contribution in [0.5, 0.6) is 5.75 Å². The number of rotatable bonds is 5. The second-order valence-corrected chi connectivity index (χ2v) is 6.33. The number of nitrogens with one attached hydrogen (secondary N) is 1. The molecule has 3 rings (SSSR count). The molecule has 1 amide bonds. The quantitative estimate of drug-likeness (QED) is 0.859. The summed E-state index contributed by atoms with van der Waals surface area (Å²) in [6.45, 7) is 0.00590. The molecule has 1 fully saturated rings. The van der Waals surface area contributed by atoms with Crippen molar-refractivity contribution in [2.75, 3.05) is 6.54 Å². The van der Waals surface area contributed by atoms with Crippen LogP contribution in [0.4, 0.5) is 13.2 Å². The van der Waals surface area contributed by atoms with E-state index in [1.165, 1.54) is 24.3 Å². The number of phenols is 1. The molecule has 1 heterocycles. The zero-order chi connectivity index (χ0) is 18.8. The largest absolute Gasteiger partial charge is 0.508 e. The van der Waals surface area contributed by atoms with E-state index in [1.807, 2.05) is 0 Å². The van der Waals surface area contributed by atoms with Gasteiger partial charge in [-0.2, -0.15) is 0 Å². The number of carbonyl (C=O) groups excluding carboxylic acids is 2. The Morgan fingerprint density at radius 3 is 2.35 bits per heavy atom. The highest BCUT2D eigenvalue weighted by Gasteiger charge is 2.39. The number of benzene rings is 2. The summed E-state index contributed by atoms with van der Waals surface area (Å²) in [6, 6.07) is 6.96. The van der Waals surface area contributed by atoms with Gasteiger partial charge in [-0.1, -0.05) is 12.1 Å². The lowest BCUT2D eigenvalue weighted by molar-refractivity contribution is -0.127. The molecule has 0 spiro atoms. The highest BCUT2D eigenvalue weighted by molar-refractivity contribution is 5.90. The van der Waals surface area contributed by atoms with Gasteiger partial charge in [0.25, 0.3) is 0 Å². The van der Waals surface area contributed by atoms with Crippen molar-refractivity contribution in [3.63, 3.8) is 0 Å². The smallest absolute Gasteiger partial charge is 0.224 e. The van der Waals surface area contributed by atoms with Gasteiger partial charge in [-0.05, 0) is 17.7 Å². The lowest BCUT2D eigenvalue weighted by Gasteiger charge is -2.18. The first-order valence-electron chi connectivity index (χ1n) is 8.07. The molecule has 26 heavy (non-hydrogen) atoms. The van der Waals surface area contributed by atoms with Gasteiger partial charge in [0, 0.05) is 43.0 Å². The fraction of sp³-hybridized carbons (Fsp3) is 0.263. The number of aromatic hydroxyl groups is 1. The SMILES string of the molecule is O=C(Cc1ccc(F)cc1)C[C@@H]1C(=O)NC[C@H]1c1c(F)cc(O)cc1F. The fourth-order valence-electron chi connectivity index (χ4n) is 3.28. The summed E-state index contributed by atoms with van der Waals surface area (Å²) >= 11 is 0. The second-order valence-electron chi connectivity index (χ2n) is 6.33. The van der Waals surface area contributed by atoms with Crippen molar-refractivity contribution >= 4 is 11.7 Å². The Labute approximate surface area is 147 Å². The molecule has 1 saturated heterocycles. The summed E-state index contributed by atoms with van der Waals surface area (Å²) in [4.78, 5) is 24.4. The molecule has 0 saturated carbocycles. The van der Waals surface area contributed by atoms with Crippen molar-refractivity contribution in [3.8, 4) is 5.75 Å². The Hall–Kier alpha value is -2.83. The van der Waals surface area contributed by atoms with Gasteiger partial charge in [0.05, 0.1) is 5.92 Å². The maximum atomic E-state index is 14.1. The zero-order valence-electron chi connectivity index (χ0n) is 13.6. The molecule has 4 nitrogen and oxygen atoms in total. The van der Waals surface area contributed by atoms with Crippen LogP contribution in [0.25, 0.3) is 0 Å². The molecule has 0 aliphatic carbocycles. The Morgan fingerprint density at radius 1 is 1.12 bits per heavy atom. The third kappa shape index (κ3) is 3.71. The van der Waals surface area contributed by atoms with Crippen LogP contribution in [0.1, 0.15) is 23.5 Å². The predicted molar refractivity (Wildman–Crippen MR) is 87.0 cm³/mol. The number of ketones is 1. The molecule has 0 aromatic heterocycles. The Balaban J connectivity index is 1.78.